The van der Waals surface area contributed by atoms with Crippen molar-refractivity contribution in [1.82, 2.24) is 25.4 Å². The Bertz CT molecular complexity index is 788. The van der Waals surface area contributed by atoms with Crippen molar-refractivity contribution in [2.24, 2.45) is 0 Å². The molecule has 0 aliphatic carbocycles. The highest BCUT2D eigenvalue weighted by Gasteiger charge is 2.10. The van der Waals surface area contributed by atoms with E-state index in [9.17, 15) is 10.2 Å². The molecule has 108 valence electrons. The zero-order valence-electron chi connectivity index (χ0n) is 11.0. The number of aromatic hydroxyl groups is 2. The predicted octanol–water partition coefficient (Wildman–Crippen LogP) is 0.780. The highest BCUT2D eigenvalue weighted by molar-refractivity contribution is 5.68. The molecule has 0 unspecified atom stereocenters. The Morgan fingerprint density at radius 3 is 2.90 bits per heavy atom. The molecule has 0 spiro atoms. The third kappa shape index (κ3) is 2.48. The smallest absolute Gasteiger partial charge is 0.225 e. The van der Waals surface area contributed by atoms with Crippen LogP contribution >= 0.6 is 0 Å². The Kier molecular flexibility index (Phi) is 3.14. The van der Waals surface area contributed by atoms with Crippen LogP contribution in [0.1, 0.15) is 5.56 Å². The maximum atomic E-state index is 9.86. The standard InChI is InChI=1S/C12H12N6O3/c1-21-10-3-8(19)6(2-9(10)20)4-13-12-14-5-7-11(15-12)17-18-16-7/h2-3,5,19-20H,4H2,1H3,(H2,13,14,15,16,17,18). The van der Waals surface area contributed by atoms with E-state index in [4.69, 9.17) is 4.74 Å². The monoisotopic (exact) mass is 288 g/mol. The van der Waals surface area contributed by atoms with Gasteiger partial charge in [0.05, 0.1) is 13.3 Å². The van der Waals surface area contributed by atoms with Gasteiger partial charge in [0.25, 0.3) is 0 Å². The lowest BCUT2D eigenvalue weighted by atomic mass is 10.1. The maximum Gasteiger partial charge on any atom is 0.225 e. The van der Waals surface area contributed by atoms with Gasteiger partial charge in [-0.15, -0.1) is 5.10 Å². The number of H-pyrrole nitrogens is 1. The summed E-state index contributed by atoms with van der Waals surface area (Å²) in [5, 5.41) is 32.7. The largest absolute Gasteiger partial charge is 0.507 e. The number of phenols is 2. The molecule has 0 fully saturated rings. The molecule has 0 aliphatic heterocycles. The maximum absolute atomic E-state index is 9.86. The van der Waals surface area contributed by atoms with E-state index < -0.39 is 0 Å². The third-order valence-electron chi connectivity index (χ3n) is 2.89. The highest BCUT2D eigenvalue weighted by Crippen LogP contribution is 2.33. The summed E-state index contributed by atoms with van der Waals surface area (Å²) in [6.07, 6.45) is 1.53. The second-order valence-electron chi connectivity index (χ2n) is 4.23. The molecule has 4 N–H and O–H groups in total. The van der Waals surface area contributed by atoms with Crippen LogP contribution < -0.4 is 10.1 Å². The number of phenolic OH excluding ortho intramolecular Hbond substituents is 2. The number of aromatic nitrogens is 5. The van der Waals surface area contributed by atoms with Gasteiger partial charge in [-0.3, -0.25) is 0 Å². The molecule has 0 saturated heterocycles. The van der Waals surface area contributed by atoms with Crippen LogP contribution in [0.25, 0.3) is 11.2 Å². The first-order chi connectivity index (χ1) is 10.2. The van der Waals surface area contributed by atoms with Crippen LogP contribution in [0.5, 0.6) is 17.2 Å². The molecular formula is C12H12N6O3. The first-order valence-electron chi connectivity index (χ1n) is 6.03. The second kappa shape index (κ2) is 5.12. The number of aromatic amines is 1. The van der Waals surface area contributed by atoms with Gasteiger partial charge in [-0.05, 0) is 6.07 Å². The van der Waals surface area contributed by atoms with Crippen molar-refractivity contribution in [3.63, 3.8) is 0 Å². The fourth-order valence-electron chi connectivity index (χ4n) is 1.82. The Hall–Kier alpha value is -3.10. The number of hydrogen-bond donors (Lipinski definition) is 4. The van der Waals surface area contributed by atoms with Crippen LogP contribution in [-0.2, 0) is 6.54 Å². The Balaban J connectivity index is 1.79. The number of anilines is 1. The first kappa shape index (κ1) is 12.9. The SMILES string of the molecule is COc1cc(O)c(CNc2ncc3n[nH]nc3n2)cc1O. The normalized spacial score (nSPS) is 10.7. The van der Waals surface area contributed by atoms with E-state index in [-0.39, 0.29) is 23.8 Å². The van der Waals surface area contributed by atoms with E-state index in [1.54, 1.807) is 0 Å². The number of nitrogens with one attached hydrogen (secondary N) is 2. The molecule has 0 saturated carbocycles. The Morgan fingerprint density at radius 1 is 1.24 bits per heavy atom. The Labute approximate surface area is 118 Å². The van der Waals surface area contributed by atoms with E-state index in [1.165, 1.54) is 25.4 Å². The number of rotatable bonds is 4. The van der Waals surface area contributed by atoms with E-state index in [2.05, 4.69) is 30.7 Å². The number of nitrogens with zero attached hydrogens (tertiary/aromatic N) is 4. The van der Waals surface area contributed by atoms with Crippen LogP contribution in [0.2, 0.25) is 0 Å². The molecule has 0 atom stereocenters. The lowest BCUT2D eigenvalue weighted by Crippen LogP contribution is -2.04. The van der Waals surface area contributed by atoms with Crippen LogP contribution in [0.3, 0.4) is 0 Å². The lowest BCUT2D eigenvalue weighted by Gasteiger charge is -2.10. The van der Waals surface area contributed by atoms with Crippen LogP contribution in [-0.4, -0.2) is 42.7 Å². The van der Waals surface area contributed by atoms with Gasteiger partial charge in [0.1, 0.15) is 11.3 Å². The molecule has 0 radical (unpaired) electrons. The summed E-state index contributed by atoms with van der Waals surface area (Å²) in [4.78, 5) is 8.21. The van der Waals surface area contributed by atoms with Crippen molar-refractivity contribution in [2.75, 3.05) is 12.4 Å². The minimum absolute atomic E-state index is 0.000311. The van der Waals surface area contributed by atoms with Crippen LogP contribution in [0.4, 0.5) is 5.95 Å². The Morgan fingerprint density at radius 2 is 2.10 bits per heavy atom. The van der Waals surface area contributed by atoms with Gasteiger partial charge in [0.2, 0.25) is 11.6 Å². The van der Waals surface area contributed by atoms with Gasteiger partial charge in [-0.2, -0.15) is 15.3 Å². The summed E-state index contributed by atoms with van der Waals surface area (Å²) in [6, 6.07) is 2.75. The number of methoxy groups -OCH3 is 1. The van der Waals surface area contributed by atoms with Gasteiger partial charge < -0.3 is 20.3 Å². The molecule has 0 aliphatic rings. The summed E-state index contributed by atoms with van der Waals surface area (Å²) in [5.74, 6) is 0.488. The number of hydrogen-bond acceptors (Lipinski definition) is 8. The van der Waals surface area contributed by atoms with E-state index in [1.807, 2.05) is 0 Å². The van der Waals surface area contributed by atoms with Crippen molar-refractivity contribution in [3.8, 4) is 17.2 Å². The minimum atomic E-state index is -0.0556. The average molecular weight is 288 g/mol. The van der Waals surface area contributed by atoms with Gasteiger partial charge in [-0.1, -0.05) is 0 Å². The summed E-state index contributed by atoms with van der Waals surface area (Å²) < 4.78 is 4.91. The number of benzene rings is 1. The summed E-state index contributed by atoms with van der Waals surface area (Å²) in [5.41, 5.74) is 1.48. The molecule has 3 aromatic rings. The lowest BCUT2D eigenvalue weighted by molar-refractivity contribution is 0.367. The molecule has 2 aromatic heterocycles. The number of fused-ring (bicyclic) bond motifs is 1. The summed E-state index contributed by atoms with van der Waals surface area (Å²) in [6.45, 7) is 0.229. The van der Waals surface area contributed by atoms with Crippen molar-refractivity contribution in [1.29, 1.82) is 0 Å². The molecule has 9 nitrogen and oxygen atoms in total. The van der Waals surface area contributed by atoms with E-state index in [0.717, 1.165) is 0 Å². The van der Waals surface area contributed by atoms with Gasteiger partial charge in [-0.25, -0.2) is 4.98 Å². The zero-order chi connectivity index (χ0) is 14.8. The topological polar surface area (TPSA) is 129 Å². The van der Waals surface area contributed by atoms with Gasteiger partial charge in [0.15, 0.2) is 11.5 Å². The molecule has 21 heavy (non-hydrogen) atoms. The summed E-state index contributed by atoms with van der Waals surface area (Å²) >= 11 is 0. The molecule has 1 aromatic carbocycles. The van der Waals surface area contributed by atoms with Gasteiger partial charge in [0, 0.05) is 18.2 Å². The van der Waals surface area contributed by atoms with E-state index >= 15 is 0 Å². The van der Waals surface area contributed by atoms with Crippen LogP contribution in [0.15, 0.2) is 18.3 Å². The molecule has 2 heterocycles. The molecular weight excluding hydrogens is 276 g/mol. The summed E-state index contributed by atoms with van der Waals surface area (Å²) in [7, 11) is 1.41. The molecule has 0 amide bonds. The zero-order valence-corrected chi connectivity index (χ0v) is 11.0. The predicted molar refractivity (Wildman–Crippen MR) is 73.1 cm³/mol. The number of ether oxygens (including phenoxy) is 1. The molecule has 9 heteroatoms. The van der Waals surface area contributed by atoms with E-state index in [0.29, 0.717) is 22.7 Å². The van der Waals surface area contributed by atoms with Crippen molar-refractivity contribution in [2.45, 2.75) is 6.54 Å². The van der Waals surface area contributed by atoms with Crippen molar-refractivity contribution < 1.29 is 14.9 Å². The van der Waals surface area contributed by atoms with Crippen molar-refractivity contribution >= 4 is 17.1 Å². The third-order valence-corrected chi connectivity index (χ3v) is 2.89. The first-order valence-corrected chi connectivity index (χ1v) is 6.03. The minimum Gasteiger partial charge on any atom is -0.507 e. The fourth-order valence-corrected chi connectivity index (χ4v) is 1.82. The quantitative estimate of drug-likeness (QED) is 0.518. The fraction of sp³-hybridized carbons (Fsp3) is 0.167. The molecule has 3 rings (SSSR count). The second-order valence-corrected chi connectivity index (χ2v) is 4.23. The average Bonchev–Trinajstić information content (AvgIpc) is 2.95. The highest BCUT2D eigenvalue weighted by atomic mass is 16.5. The van der Waals surface area contributed by atoms with Crippen LogP contribution in [0, 0.1) is 0 Å². The molecule has 0 bridgehead atoms. The van der Waals surface area contributed by atoms with Crippen molar-refractivity contribution in [3.05, 3.63) is 23.9 Å². The van der Waals surface area contributed by atoms with Gasteiger partial charge >= 0.3 is 0 Å².